The summed E-state index contributed by atoms with van der Waals surface area (Å²) in [6, 6.07) is 29.3. The van der Waals surface area contributed by atoms with E-state index >= 15 is 0 Å². The molecule has 0 radical (unpaired) electrons. The molecular weight excluding hydrogens is 622 g/mol. The van der Waals surface area contributed by atoms with E-state index in [-0.39, 0.29) is 0 Å². The van der Waals surface area contributed by atoms with Gasteiger partial charge in [0.2, 0.25) is 0 Å². The zero-order chi connectivity index (χ0) is 26.5. The maximum atomic E-state index is 8.27. The molecule has 0 unspecified atom stereocenters. The van der Waals surface area contributed by atoms with Crippen LogP contribution in [-0.4, -0.2) is 46.2 Å². The fraction of sp³-hybridized carbons (Fsp3) is 0. The van der Waals surface area contributed by atoms with Crippen LogP contribution in [0, 0.1) is 0 Å². The number of benzene rings is 2. The Labute approximate surface area is 233 Å². The Morgan fingerprint density at radius 1 is 0.375 bits per heavy atom. The molecular formula is C32H22As2N4O2. The van der Waals surface area contributed by atoms with Crippen molar-refractivity contribution in [2.45, 2.75) is 0 Å². The maximum absolute atomic E-state index is 8.27. The molecule has 0 bridgehead atoms. The summed E-state index contributed by atoms with van der Waals surface area (Å²) in [7, 11) is 0. The number of hydrogen-bond donors (Lipinski definition) is 0. The average Bonchev–Trinajstić information content (AvgIpc) is 3.44. The summed E-state index contributed by atoms with van der Waals surface area (Å²) < 4.78 is 22.8. The second-order valence-electron chi connectivity index (χ2n) is 10.3. The Morgan fingerprint density at radius 3 is 0.975 bits per heavy atom. The summed E-state index contributed by atoms with van der Waals surface area (Å²) in [6.07, 6.45) is 15.2. The van der Waals surface area contributed by atoms with Crippen molar-refractivity contribution >= 4 is 52.4 Å². The zero-order valence-corrected chi connectivity index (χ0v) is 25.0. The molecule has 4 aromatic heterocycles. The van der Waals surface area contributed by atoms with Gasteiger partial charge in [-0.15, -0.1) is 0 Å². The predicted octanol–water partition coefficient (Wildman–Crippen LogP) is 1.81. The van der Waals surface area contributed by atoms with E-state index in [4.69, 9.17) is 5.43 Å². The van der Waals surface area contributed by atoms with Gasteiger partial charge in [-0.05, 0) is 0 Å². The van der Waals surface area contributed by atoms with Crippen LogP contribution in [0.2, 0.25) is 0 Å². The summed E-state index contributed by atoms with van der Waals surface area (Å²) in [5, 5.41) is 0. The molecule has 2 spiro atoms. The van der Waals surface area contributed by atoms with Gasteiger partial charge in [-0.2, -0.15) is 0 Å². The Bertz CT molecular complexity index is 1770. The van der Waals surface area contributed by atoms with Crippen molar-refractivity contribution in [2.75, 3.05) is 0 Å². The average molecular weight is 644 g/mol. The van der Waals surface area contributed by atoms with E-state index in [0.29, 0.717) is 0 Å². The second kappa shape index (κ2) is 7.42. The minimum absolute atomic E-state index is 1.03. The van der Waals surface area contributed by atoms with Gasteiger partial charge in [-0.1, -0.05) is 0 Å². The first-order valence-electron chi connectivity index (χ1n) is 13.1. The van der Waals surface area contributed by atoms with Gasteiger partial charge < -0.3 is 0 Å². The predicted molar refractivity (Wildman–Crippen MR) is 159 cm³/mol. The molecule has 6 aromatic rings. The van der Waals surface area contributed by atoms with Gasteiger partial charge in [0, 0.05) is 0 Å². The van der Waals surface area contributed by atoms with Crippen LogP contribution >= 0.6 is 0 Å². The van der Waals surface area contributed by atoms with E-state index in [1.54, 1.807) is 0 Å². The quantitative estimate of drug-likeness (QED) is 0.268. The van der Waals surface area contributed by atoms with Crippen molar-refractivity contribution in [2.24, 2.45) is 0 Å². The first kappa shape index (κ1) is 22.8. The van der Waals surface area contributed by atoms with Crippen molar-refractivity contribution in [3.8, 4) is 22.3 Å². The van der Waals surface area contributed by atoms with Crippen LogP contribution in [0.4, 0.5) is 0 Å². The minimum atomic E-state index is -4.82. The topological polar surface area (TPSA) is 70.0 Å². The van der Waals surface area contributed by atoms with Crippen LogP contribution in [0.25, 0.3) is 22.3 Å². The van der Waals surface area contributed by atoms with E-state index < -0.39 is 26.3 Å². The molecule has 0 saturated carbocycles. The Hall–Kier alpha value is -3.92. The summed E-state index contributed by atoms with van der Waals surface area (Å²) in [6.45, 7) is 0. The number of rotatable bonds is 2. The van der Waals surface area contributed by atoms with Crippen molar-refractivity contribution in [3.05, 3.63) is 135 Å². The molecule has 0 N–H and O–H groups in total. The third kappa shape index (κ3) is 2.27. The summed E-state index contributed by atoms with van der Waals surface area (Å²) in [5.74, 6) is 0. The van der Waals surface area contributed by atoms with Gasteiger partial charge in [-0.25, -0.2) is 0 Å². The van der Waals surface area contributed by atoms with Gasteiger partial charge in [-0.3, -0.25) is 0 Å². The van der Waals surface area contributed by atoms with Gasteiger partial charge in [0.25, 0.3) is 0 Å². The van der Waals surface area contributed by atoms with E-state index in [2.05, 4.69) is 92.7 Å². The first-order valence-corrected chi connectivity index (χ1v) is 21.8. The molecule has 8 heteroatoms. The van der Waals surface area contributed by atoms with Crippen molar-refractivity contribution in [1.29, 1.82) is 0 Å². The third-order valence-corrected chi connectivity index (χ3v) is 40.3. The summed E-state index contributed by atoms with van der Waals surface area (Å²) >= 11 is -9.64. The monoisotopic (exact) mass is 644 g/mol. The molecule has 1 saturated heterocycles. The van der Waals surface area contributed by atoms with Crippen LogP contribution in [-0.2, 0) is 5.43 Å². The van der Waals surface area contributed by atoms with Crippen LogP contribution in [0.5, 0.6) is 0 Å². The van der Waals surface area contributed by atoms with Gasteiger partial charge in [0.05, 0.1) is 0 Å². The molecule has 2 aromatic carbocycles. The molecule has 0 atom stereocenters. The number of pyridine rings is 4. The fourth-order valence-corrected chi connectivity index (χ4v) is 50.8. The number of aromatic nitrogens is 4. The van der Waals surface area contributed by atoms with Gasteiger partial charge >= 0.3 is 234 Å². The van der Waals surface area contributed by atoms with E-state index in [1.807, 2.05) is 61.7 Å². The van der Waals surface area contributed by atoms with Gasteiger partial charge in [0.15, 0.2) is 0 Å². The SMILES string of the molecule is c1ccc([As]23(O[As]4(c5ccccc5)(O2)c2cnccc2-c2ccncc24)c2cnccc2-c2ccncc23)cc1. The van der Waals surface area contributed by atoms with Crippen LogP contribution in [0.3, 0.4) is 0 Å². The normalized spacial score (nSPS) is 20.9. The molecule has 9 rings (SSSR count). The van der Waals surface area contributed by atoms with Crippen molar-refractivity contribution in [1.82, 2.24) is 19.9 Å². The van der Waals surface area contributed by atoms with Gasteiger partial charge in [0.1, 0.15) is 0 Å². The van der Waals surface area contributed by atoms with E-state index in [9.17, 15) is 0 Å². The summed E-state index contributed by atoms with van der Waals surface area (Å²) in [4.78, 5) is 18.6. The summed E-state index contributed by atoms with van der Waals surface area (Å²) in [5.41, 5.74) is 4.38. The molecule has 1 fully saturated rings. The van der Waals surface area contributed by atoms with Crippen molar-refractivity contribution in [3.63, 3.8) is 0 Å². The van der Waals surface area contributed by atoms with Crippen LogP contribution in [0.15, 0.2) is 135 Å². The molecule has 6 nitrogen and oxygen atoms in total. The molecule has 3 aliphatic heterocycles. The Balaban J connectivity index is 1.50. The Morgan fingerprint density at radius 2 is 0.675 bits per heavy atom. The van der Waals surface area contributed by atoms with E-state index in [0.717, 1.165) is 48.4 Å². The van der Waals surface area contributed by atoms with E-state index in [1.165, 1.54) is 0 Å². The first-order chi connectivity index (χ1) is 19.7. The van der Waals surface area contributed by atoms with Crippen LogP contribution < -0.4 is 26.1 Å². The zero-order valence-electron chi connectivity index (χ0n) is 21.2. The number of fused-ring (bicyclic) bond motifs is 10. The molecule has 0 amide bonds. The van der Waals surface area contributed by atoms with Crippen LogP contribution in [0.1, 0.15) is 0 Å². The molecule has 192 valence electrons. The number of hydrogen-bond acceptors (Lipinski definition) is 6. The molecule has 7 heterocycles. The van der Waals surface area contributed by atoms with Crippen molar-refractivity contribution < 1.29 is 5.43 Å². The molecule has 3 aliphatic rings. The molecule has 0 aliphatic carbocycles. The Kier molecular flexibility index (Phi) is 4.24. The fourth-order valence-electron chi connectivity index (χ4n) is 7.10. The second-order valence-corrected chi connectivity index (χ2v) is 28.8. The standard InChI is InChI=1S/C32H22As2N4O2/c1-3-7-23(8-4-1)33(29-19-35-15-11-25(29)26-12-16-36-20-30(26)33)39-34(40-33,24-9-5-2-6-10-24)31-21-37-17-13-27(31)28-14-18-38-22-32(28)34/h1-22H. The third-order valence-electron chi connectivity index (χ3n) is 8.60. The number of nitrogens with zero attached hydrogens (tertiary/aromatic N) is 4. The molecule has 40 heavy (non-hydrogen) atoms.